The van der Waals surface area contributed by atoms with Crippen molar-refractivity contribution in [2.45, 2.75) is 19.6 Å². The van der Waals surface area contributed by atoms with Crippen LogP contribution in [0.5, 0.6) is 0 Å². The van der Waals surface area contributed by atoms with E-state index >= 15 is 0 Å². The summed E-state index contributed by atoms with van der Waals surface area (Å²) in [5.41, 5.74) is 0.0556. The molecule has 100 valence electrons. The fraction of sp³-hybridized carbons (Fsp3) is 0.455. The second-order valence-corrected chi connectivity index (χ2v) is 5.13. The van der Waals surface area contributed by atoms with Crippen LogP contribution >= 0.6 is 0 Å². The number of carbonyl (C=O) groups excluding carboxylic acids is 1. The Kier molecular flexibility index (Phi) is 5.08. The number of aryl methyl sites for hydroxylation is 1. The van der Waals surface area contributed by atoms with Gasteiger partial charge in [-0.2, -0.15) is 0 Å². The van der Waals surface area contributed by atoms with Crippen LogP contribution in [-0.4, -0.2) is 33.5 Å². The van der Waals surface area contributed by atoms with Gasteiger partial charge in [-0.05, 0) is 19.9 Å². The number of nitrogens with one attached hydrogen (secondary N) is 1. The van der Waals surface area contributed by atoms with Crippen molar-refractivity contribution in [3.63, 3.8) is 0 Å². The van der Waals surface area contributed by atoms with Crippen LogP contribution < -0.4 is 5.32 Å². The Morgan fingerprint density at radius 2 is 2.17 bits per heavy atom. The molecule has 18 heavy (non-hydrogen) atoms. The number of amides is 1. The molecule has 6 nitrogen and oxygen atoms in total. The van der Waals surface area contributed by atoms with Gasteiger partial charge in [0.1, 0.15) is 22.8 Å². The summed E-state index contributed by atoms with van der Waals surface area (Å²) in [6.45, 7) is 3.79. The molecule has 2 N–H and O–H groups in total. The molecule has 0 saturated heterocycles. The zero-order chi connectivity index (χ0) is 13.7. The molecular weight excluding hydrogens is 258 g/mol. The zero-order valence-electron chi connectivity index (χ0n) is 10.2. The van der Waals surface area contributed by atoms with Gasteiger partial charge < -0.3 is 14.8 Å². The first-order chi connectivity index (χ1) is 8.43. The molecule has 0 spiro atoms. The smallest absolute Gasteiger partial charge is 0.339 e. The van der Waals surface area contributed by atoms with Crippen molar-refractivity contribution in [3.8, 4) is 0 Å². The predicted molar refractivity (Wildman–Crippen MR) is 65.8 cm³/mol. The van der Waals surface area contributed by atoms with Crippen molar-refractivity contribution >= 4 is 22.7 Å². The summed E-state index contributed by atoms with van der Waals surface area (Å²) in [5, 5.41) is 11.4. The molecule has 0 aliphatic carbocycles. The van der Waals surface area contributed by atoms with Crippen LogP contribution in [0.1, 0.15) is 28.8 Å². The lowest BCUT2D eigenvalue weighted by Gasteiger charge is -2.00. The Labute approximate surface area is 107 Å². The second-order valence-electron chi connectivity index (χ2n) is 3.67. The summed E-state index contributed by atoms with van der Waals surface area (Å²) < 4.78 is 16.8. The first kappa shape index (κ1) is 14.4. The lowest BCUT2D eigenvalue weighted by atomic mass is 10.2. The van der Waals surface area contributed by atoms with Crippen LogP contribution in [0.3, 0.4) is 0 Å². The van der Waals surface area contributed by atoms with E-state index in [0.717, 1.165) is 0 Å². The molecule has 1 rings (SSSR count). The van der Waals surface area contributed by atoms with Gasteiger partial charge in [-0.15, -0.1) is 0 Å². The number of hydrogen-bond acceptors (Lipinski definition) is 4. The van der Waals surface area contributed by atoms with E-state index in [-0.39, 0.29) is 28.7 Å². The maximum Gasteiger partial charge on any atom is 0.339 e. The fourth-order valence-electron chi connectivity index (χ4n) is 1.43. The van der Waals surface area contributed by atoms with Crippen LogP contribution in [0.4, 0.5) is 0 Å². The highest BCUT2D eigenvalue weighted by Gasteiger charge is 2.16. The number of rotatable bonds is 6. The molecule has 0 bridgehead atoms. The number of hydrogen-bond donors (Lipinski definition) is 2. The van der Waals surface area contributed by atoms with E-state index in [0.29, 0.717) is 12.3 Å². The third-order valence-electron chi connectivity index (χ3n) is 2.17. The number of carboxylic acid groups (broad SMARTS) is 1. The van der Waals surface area contributed by atoms with Gasteiger partial charge in [-0.3, -0.25) is 9.00 Å². The topological polar surface area (TPSA) is 96.6 Å². The third-order valence-corrected chi connectivity index (χ3v) is 3.36. The van der Waals surface area contributed by atoms with Crippen LogP contribution in [0, 0.1) is 6.92 Å². The minimum absolute atomic E-state index is 0.0330. The molecule has 1 unspecified atom stereocenters. The second kappa shape index (κ2) is 6.34. The lowest BCUT2D eigenvalue weighted by Crippen LogP contribution is -2.28. The van der Waals surface area contributed by atoms with Crippen molar-refractivity contribution in [2.75, 3.05) is 12.3 Å². The van der Waals surface area contributed by atoms with Gasteiger partial charge in [0.2, 0.25) is 5.91 Å². The number of carbonyl (C=O) groups is 2. The van der Waals surface area contributed by atoms with Gasteiger partial charge in [0.25, 0.3) is 0 Å². The quantitative estimate of drug-likeness (QED) is 0.794. The maximum atomic E-state index is 11.6. The van der Waals surface area contributed by atoms with Gasteiger partial charge in [-0.1, -0.05) is 0 Å². The average Bonchev–Trinajstić information content (AvgIpc) is 2.59. The fourth-order valence-corrected chi connectivity index (χ4v) is 2.39. The van der Waals surface area contributed by atoms with Crippen LogP contribution in [0.2, 0.25) is 0 Å². The van der Waals surface area contributed by atoms with E-state index in [4.69, 9.17) is 9.52 Å². The Balaban J connectivity index is 2.62. The highest BCUT2D eigenvalue weighted by atomic mass is 32.2. The van der Waals surface area contributed by atoms with Crippen molar-refractivity contribution in [3.05, 3.63) is 23.2 Å². The van der Waals surface area contributed by atoms with E-state index < -0.39 is 16.8 Å². The van der Waals surface area contributed by atoms with Crippen molar-refractivity contribution in [2.24, 2.45) is 0 Å². The molecular formula is C11H15NO5S. The normalized spacial score (nSPS) is 12.1. The monoisotopic (exact) mass is 273 g/mol. The van der Waals surface area contributed by atoms with Crippen LogP contribution in [0.15, 0.2) is 10.5 Å². The van der Waals surface area contributed by atoms with E-state index in [1.807, 2.05) is 0 Å². The van der Waals surface area contributed by atoms with Gasteiger partial charge in [-0.25, -0.2) is 4.79 Å². The molecule has 1 aromatic heterocycles. The van der Waals surface area contributed by atoms with Gasteiger partial charge in [0, 0.05) is 17.3 Å². The minimum atomic E-state index is -1.41. The van der Waals surface area contributed by atoms with E-state index in [9.17, 15) is 13.8 Å². The number of carboxylic acids is 1. The third kappa shape index (κ3) is 3.99. The molecule has 0 aliphatic rings. The van der Waals surface area contributed by atoms with E-state index in [2.05, 4.69) is 5.32 Å². The summed E-state index contributed by atoms with van der Waals surface area (Å²) in [6, 6.07) is 1.34. The molecule has 0 aliphatic heterocycles. The highest BCUT2D eigenvalue weighted by molar-refractivity contribution is 7.84. The highest BCUT2D eigenvalue weighted by Crippen LogP contribution is 2.16. The van der Waals surface area contributed by atoms with Crippen molar-refractivity contribution < 1.29 is 23.3 Å². The average molecular weight is 273 g/mol. The first-order valence-electron chi connectivity index (χ1n) is 5.38. The summed E-state index contributed by atoms with van der Waals surface area (Å²) in [4.78, 5) is 22.0. The molecule has 0 fully saturated rings. The molecule has 1 aromatic rings. The van der Waals surface area contributed by atoms with Crippen molar-refractivity contribution in [1.29, 1.82) is 0 Å². The maximum absolute atomic E-state index is 11.6. The molecule has 0 saturated carbocycles. The summed E-state index contributed by atoms with van der Waals surface area (Å²) in [5.74, 6) is -0.879. The molecule has 1 atom stereocenters. The van der Waals surface area contributed by atoms with Gasteiger partial charge in [0.15, 0.2) is 0 Å². The zero-order valence-corrected chi connectivity index (χ0v) is 11.0. The Hall–Kier alpha value is -1.63. The molecule has 7 heteroatoms. The largest absolute Gasteiger partial charge is 0.478 e. The standard InChI is InChI=1S/C11H15NO5S/c1-3-12-10(13)6-18(16)5-8-4-9(11(14)15)7(2)17-8/h4H,3,5-6H2,1-2H3,(H,12,13)(H,14,15). The summed E-state index contributed by atoms with van der Waals surface area (Å²) >= 11 is 0. The van der Waals surface area contributed by atoms with Crippen LogP contribution in [0.25, 0.3) is 0 Å². The van der Waals surface area contributed by atoms with E-state index in [1.165, 1.54) is 13.0 Å². The summed E-state index contributed by atoms with van der Waals surface area (Å²) in [6.07, 6.45) is 0. The predicted octanol–water partition coefficient (Wildman–Crippen LogP) is 0.671. The van der Waals surface area contributed by atoms with Gasteiger partial charge in [0.05, 0.1) is 5.75 Å². The Bertz CT molecular complexity index is 480. The van der Waals surface area contributed by atoms with Crippen LogP contribution in [-0.2, 0) is 21.3 Å². The molecule has 0 radical (unpaired) electrons. The molecule has 1 amide bonds. The molecule has 1 heterocycles. The molecule has 0 aromatic carbocycles. The number of furan rings is 1. The Morgan fingerprint density at radius 1 is 1.50 bits per heavy atom. The van der Waals surface area contributed by atoms with Gasteiger partial charge >= 0.3 is 5.97 Å². The number of aromatic carboxylic acids is 1. The minimum Gasteiger partial charge on any atom is -0.478 e. The SMILES string of the molecule is CCNC(=O)CS(=O)Cc1cc(C(=O)O)c(C)o1. The summed E-state index contributed by atoms with van der Waals surface area (Å²) in [7, 11) is -1.41. The Morgan fingerprint density at radius 3 is 2.67 bits per heavy atom. The van der Waals surface area contributed by atoms with E-state index in [1.54, 1.807) is 6.92 Å². The van der Waals surface area contributed by atoms with Crippen molar-refractivity contribution in [1.82, 2.24) is 5.32 Å². The lowest BCUT2D eigenvalue weighted by molar-refractivity contribution is -0.118. The first-order valence-corrected chi connectivity index (χ1v) is 6.87.